The summed E-state index contributed by atoms with van der Waals surface area (Å²) in [5.74, 6) is 0.707. The highest BCUT2D eigenvalue weighted by Crippen LogP contribution is 2.34. The molecule has 0 bridgehead atoms. The minimum absolute atomic E-state index is 0.0315. The summed E-state index contributed by atoms with van der Waals surface area (Å²) >= 11 is 5.93. The van der Waals surface area contributed by atoms with E-state index >= 15 is 0 Å². The molecular formula is C13H17ClN2O2. The van der Waals surface area contributed by atoms with Crippen molar-refractivity contribution >= 4 is 23.0 Å². The molecule has 0 saturated heterocycles. The second kappa shape index (κ2) is 5.14. The summed E-state index contributed by atoms with van der Waals surface area (Å²) in [6.07, 6.45) is 3.82. The molecule has 2 rings (SSSR count). The number of anilines is 1. The maximum atomic E-state index is 10.8. The number of nitro benzene ring substituents is 1. The van der Waals surface area contributed by atoms with Crippen LogP contribution in [0.15, 0.2) is 12.1 Å². The van der Waals surface area contributed by atoms with Gasteiger partial charge in [0.1, 0.15) is 5.02 Å². The van der Waals surface area contributed by atoms with E-state index in [1.54, 1.807) is 6.07 Å². The number of halogens is 1. The van der Waals surface area contributed by atoms with Crippen LogP contribution in [0.25, 0.3) is 0 Å². The van der Waals surface area contributed by atoms with E-state index in [4.69, 9.17) is 11.6 Å². The third kappa shape index (κ3) is 2.58. The molecule has 1 fully saturated rings. The SMILES string of the molecule is Cc1cc([N+](=O)[O-])c(Cl)cc1NC(C)C1CCC1. The van der Waals surface area contributed by atoms with Gasteiger partial charge < -0.3 is 5.32 Å². The lowest BCUT2D eigenvalue weighted by Crippen LogP contribution is -2.31. The highest BCUT2D eigenvalue weighted by atomic mass is 35.5. The molecule has 0 heterocycles. The average Bonchev–Trinajstić information content (AvgIpc) is 2.19. The van der Waals surface area contributed by atoms with Crippen LogP contribution < -0.4 is 5.32 Å². The lowest BCUT2D eigenvalue weighted by atomic mass is 9.80. The first-order valence-corrected chi connectivity index (χ1v) is 6.58. The molecule has 1 aromatic carbocycles. The molecule has 0 radical (unpaired) electrons. The van der Waals surface area contributed by atoms with E-state index in [0.717, 1.165) is 11.3 Å². The monoisotopic (exact) mass is 268 g/mol. The van der Waals surface area contributed by atoms with Gasteiger partial charge in [-0.1, -0.05) is 18.0 Å². The zero-order valence-corrected chi connectivity index (χ0v) is 11.3. The smallest absolute Gasteiger partial charge is 0.288 e. The number of hydrogen-bond acceptors (Lipinski definition) is 3. The third-order valence-electron chi connectivity index (χ3n) is 3.73. The number of aryl methyl sites for hydroxylation is 1. The largest absolute Gasteiger partial charge is 0.382 e. The zero-order valence-electron chi connectivity index (χ0n) is 10.6. The van der Waals surface area contributed by atoms with Crippen LogP contribution in [0.1, 0.15) is 31.7 Å². The lowest BCUT2D eigenvalue weighted by Gasteiger charge is -2.33. The molecule has 1 aliphatic rings. The molecular weight excluding hydrogens is 252 g/mol. The van der Waals surface area contributed by atoms with Crippen molar-refractivity contribution in [2.24, 2.45) is 5.92 Å². The molecule has 18 heavy (non-hydrogen) atoms. The van der Waals surface area contributed by atoms with E-state index in [0.29, 0.717) is 12.0 Å². The first-order valence-electron chi connectivity index (χ1n) is 6.20. The Labute approximate surface area is 111 Å². The van der Waals surface area contributed by atoms with Crippen LogP contribution in [0.3, 0.4) is 0 Å². The maximum absolute atomic E-state index is 10.8. The molecule has 1 aliphatic carbocycles. The Hall–Kier alpha value is -1.29. The van der Waals surface area contributed by atoms with E-state index in [2.05, 4.69) is 12.2 Å². The first-order chi connectivity index (χ1) is 8.49. The van der Waals surface area contributed by atoms with Crippen LogP contribution >= 0.6 is 11.6 Å². The number of nitro groups is 1. The van der Waals surface area contributed by atoms with Crippen molar-refractivity contribution in [3.05, 3.63) is 32.8 Å². The fraction of sp³-hybridized carbons (Fsp3) is 0.538. The predicted octanol–water partition coefficient (Wildman–Crippen LogP) is 4.16. The van der Waals surface area contributed by atoms with Gasteiger partial charge in [-0.15, -0.1) is 0 Å². The van der Waals surface area contributed by atoms with Gasteiger partial charge in [-0.05, 0) is 44.2 Å². The van der Waals surface area contributed by atoms with Crippen molar-refractivity contribution in [2.45, 2.75) is 39.2 Å². The number of nitrogens with zero attached hydrogens (tertiary/aromatic N) is 1. The van der Waals surface area contributed by atoms with Crippen LogP contribution in [-0.2, 0) is 0 Å². The maximum Gasteiger partial charge on any atom is 0.288 e. The average molecular weight is 269 g/mol. The molecule has 1 unspecified atom stereocenters. The molecule has 1 N–H and O–H groups in total. The molecule has 4 nitrogen and oxygen atoms in total. The summed E-state index contributed by atoms with van der Waals surface area (Å²) in [6.45, 7) is 4.01. The van der Waals surface area contributed by atoms with Gasteiger partial charge in [0.15, 0.2) is 0 Å². The van der Waals surface area contributed by atoms with E-state index in [9.17, 15) is 10.1 Å². The van der Waals surface area contributed by atoms with Crippen LogP contribution in [0.2, 0.25) is 5.02 Å². The fourth-order valence-corrected chi connectivity index (χ4v) is 2.50. The molecule has 0 aliphatic heterocycles. The fourth-order valence-electron chi connectivity index (χ4n) is 2.26. The molecule has 0 aromatic heterocycles. The zero-order chi connectivity index (χ0) is 13.3. The van der Waals surface area contributed by atoms with Crippen LogP contribution in [0.5, 0.6) is 0 Å². The van der Waals surface area contributed by atoms with Gasteiger partial charge in [0, 0.05) is 17.8 Å². The van der Waals surface area contributed by atoms with E-state index in [-0.39, 0.29) is 10.7 Å². The van der Waals surface area contributed by atoms with Gasteiger partial charge in [0.2, 0.25) is 0 Å². The quantitative estimate of drug-likeness (QED) is 0.659. The Morgan fingerprint density at radius 1 is 1.50 bits per heavy atom. The van der Waals surface area contributed by atoms with E-state index in [1.165, 1.54) is 25.3 Å². The number of hydrogen-bond donors (Lipinski definition) is 1. The number of nitrogens with one attached hydrogen (secondary N) is 1. The molecule has 0 amide bonds. The minimum atomic E-state index is -0.450. The van der Waals surface area contributed by atoms with Crippen LogP contribution in [0.4, 0.5) is 11.4 Å². The topological polar surface area (TPSA) is 55.2 Å². The molecule has 1 saturated carbocycles. The second-order valence-electron chi connectivity index (χ2n) is 5.00. The van der Waals surface area contributed by atoms with Crippen molar-refractivity contribution in [2.75, 3.05) is 5.32 Å². The summed E-state index contributed by atoms with van der Waals surface area (Å²) in [4.78, 5) is 10.3. The number of benzene rings is 1. The number of rotatable bonds is 4. The van der Waals surface area contributed by atoms with Crippen molar-refractivity contribution in [3.8, 4) is 0 Å². The molecule has 1 atom stereocenters. The Morgan fingerprint density at radius 2 is 2.17 bits per heavy atom. The highest BCUT2D eigenvalue weighted by molar-refractivity contribution is 6.33. The molecule has 5 heteroatoms. The van der Waals surface area contributed by atoms with Gasteiger partial charge in [0.25, 0.3) is 5.69 Å². The van der Waals surface area contributed by atoms with Gasteiger partial charge >= 0.3 is 0 Å². The second-order valence-corrected chi connectivity index (χ2v) is 5.41. The summed E-state index contributed by atoms with van der Waals surface area (Å²) in [6, 6.07) is 3.57. The van der Waals surface area contributed by atoms with Crippen molar-refractivity contribution in [1.82, 2.24) is 0 Å². The first kappa shape index (κ1) is 13.1. The summed E-state index contributed by atoms with van der Waals surface area (Å²) in [5.41, 5.74) is 1.72. The minimum Gasteiger partial charge on any atom is -0.382 e. The van der Waals surface area contributed by atoms with Gasteiger partial charge in [-0.25, -0.2) is 0 Å². The van der Waals surface area contributed by atoms with E-state index < -0.39 is 4.92 Å². The van der Waals surface area contributed by atoms with Crippen LogP contribution in [0, 0.1) is 23.0 Å². The lowest BCUT2D eigenvalue weighted by molar-refractivity contribution is -0.384. The third-order valence-corrected chi connectivity index (χ3v) is 4.03. The van der Waals surface area contributed by atoms with E-state index in [1.807, 2.05) is 6.92 Å². The van der Waals surface area contributed by atoms with Gasteiger partial charge in [-0.2, -0.15) is 0 Å². The van der Waals surface area contributed by atoms with Crippen LogP contribution in [-0.4, -0.2) is 11.0 Å². The Bertz CT molecular complexity index is 472. The van der Waals surface area contributed by atoms with Crippen molar-refractivity contribution < 1.29 is 4.92 Å². The molecule has 1 aromatic rings. The predicted molar refractivity (Wildman–Crippen MR) is 73.3 cm³/mol. The normalized spacial score (nSPS) is 17.1. The standard InChI is InChI=1S/C13H17ClN2O2/c1-8-6-13(16(17)18)11(14)7-12(8)15-9(2)10-4-3-5-10/h6-7,9-10,15H,3-5H2,1-2H3. The van der Waals surface area contributed by atoms with Crippen molar-refractivity contribution in [3.63, 3.8) is 0 Å². The van der Waals surface area contributed by atoms with Crippen molar-refractivity contribution in [1.29, 1.82) is 0 Å². The molecule has 98 valence electrons. The molecule has 0 spiro atoms. The Morgan fingerprint density at radius 3 is 2.67 bits per heavy atom. The summed E-state index contributed by atoms with van der Waals surface area (Å²) in [7, 11) is 0. The Balaban J connectivity index is 2.18. The summed E-state index contributed by atoms with van der Waals surface area (Å²) in [5, 5.41) is 14.4. The highest BCUT2D eigenvalue weighted by Gasteiger charge is 2.24. The van der Waals surface area contributed by atoms with Gasteiger partial charge in [0.05, 0.1) is 4.92 Å². The summed E-state index contributed by atoms with van der Waals surface area (Å²) < 4.78 is 0. The van der Waals surface area contributed by atoms with Gasteiger partial charge in [-0.3, -0.25) is 10.1 Å². The Kier molecular flexibility index (Phi) is 3.76.